The predicted molar refractivity (Wildman–Crippen MR) is 98.0 cm³/mol. The van der Waals surface area contributed by atoms with Crippen molar-refractivity contribution < 1.29 is 33.6 Å². The third kappa shape index (κ3) is 5.76. The normalized spacial score (nSPS) is 12.6. The Kier molecular flexibility index (Phi) is 8.19. The number of benzene rings is 2. The van der Waals surface area contributed by atoms with Crippen molar-refractivity contribution in [2.75, 3.05) is 32.1 Å². The first-order chi connectivity index (χ1) is 10.9. The Morgan fingerprint density at radius 2 is 1.29 bits per heavy atom. The summed E-state index contributed by atoms with van der Waals surface area (Å²) < 4.78 is 0.804. The second-order valence-corrected chi connectivity index (χ2v) is 6.99. The molecule has 0 aromatic heterocycles. The molecule has 1 unspecified atom stereocenters. The Balaban J connectivity index is 0.00000288. The summed E-state index contributed by atoms with van der Waals surface area (Å²) in [4.78, 5) is 2.19. The molecule has 1 N–H and O–H groups in total. The maximum Gasteiger partial charge on any atom is 0.121 e. The van der Waals surface area contributed by atoms with Crippen LogP contribution in [0.3, 0.4) is 0 Å². The van der Waals surface area contributed by atoms with Crippen molar-refractivity contribution in [1.29, 1.82) is 0 Å². The lowest BCUT2D eigenvalue weighted by Crippen LogP contribution is -3.00. The second-order valence-electron chi connectivity index (χ2n) is 6.99. The van der Waals surface area contributed by atoms with E-state index in [1.165, 1.54) is 0 Å². The average molecular weight is 440 g/mol. The molecule has 3 nitrogen and oxygen atoms in total. The summed E-state index contributed by atoms with van der Waals surface area (Å²) >= 11 is 0. The molecule has 4 heteroatoms. The van der Waals surface area contributed by atoms with Gasteiger partial charge in [0.2, 0.25) is 0 Å². The monoisotopic (exact) mass is 440 g/mol. The predicted octanol–water partition coefficient (Wildman–Crippen LogP) is 0.674. The molecule has 0 spiro atoms. The molecule has 1 atom stereocenters. The largest absolute Gasteiger partial charge is 1.00 e. The van der Waals surface area contributed by atoms with Crippen molar-refractivity contribution in [1.82, 2.24) is 0 Å². The van der Waals surface area contributed by atoms with Crippen LogP contribution >= 0.6 is 0 Å². The van der Waals surface area contributed by atoms with E-state index in [9.17, 15) is 5.11 Å². The van der Waals surface area contributed by atoms with E-state index >= 15 is 0 Å². The van der Waals surface area contributed by atoms with Crippen LogP contribution in [0, 0.1) is 0 Å². The van der Waals surface area contributed by atoms with Crippen LogP contribution in [0.2, 0.25) is 0 Å². The highest BCUT2D eigenvalue weighted by Gasteiger charge is 2.25. The lowest BCUT2D eigenvalue weighted by Gasteiger charge is -2.37. The Bertz CT molecular complexity index is 548. The third-order valence-electron chi connectivity index (χ3n) is 4.61. The van der Waals surface area contributed by atoms with Crippen LogP contribution in [0.5, 0.6) is 0 Å². The van der Waals surface area contributed by atoms with E-state index in [4.69, 9.17) is 0 Å². The molecule has 2 aromatic carbocycles. The number of rotatable bonds is 7. The third-order valence-corrected chi connectivity index (χ3v) is 4.61. The van der Waals surface area contributed by atoms with Crippen LogP contribution < -0.4 is 28.9 Å². The van der Waals surface area contributed by atoms with E-state index in [1.54, 1.807) is 0 Å². The fourth-order valence-corrected chi connectivity index (χ4v) is 2.60. The van der Waals surface area contributed by atoms with E-state index in [1.807, 2.05) is 36.4 Å². The second kappa shape index (κ2) is 9.39. The van der Waals surface area contributed by atoms with E-state index < -0.39 is 6.10 Å². The number of hydrogen-bond acceptors (Lipinski definition) is 2. The van der Waals surface area contributed by atoms with Gasteiger partial charge >= 0.3 is 0 Å². The van der Waals surface area contributed by atoms with Gasteiger partial charge in [0.1, 0.15) is 12.6 Å². The average Bonchev–Trinajstić information content (AvgIpc) is 2.53. The van der Waals surface area contributed by atoms with Gasteiger partial charge in [-0.15, -0.1) is 0 Å². The molecule has 0 bridgehead atoms. The molecule has 24 heavy (non-hydrogen) atoms. The van der Waals surface area contributed by atoms with Crippen LogP contribution in [-0.2, 0) is 0 Å². The summed E-state index contributed by atoms with van der Waals surface area (Å²) in [6, 6.07) is 21.0. The van der Waals surface area contributed by atoms with Crippen LogP contribution in [0.4, 0.5) is 11.4 Å². The van der Waals surface area contributed by atoms with Crippen LogP contribution in [-0.4, -0.2) is 48.9 Å². The SMILES string of the molecule is CC(C)[N+](C)(C)CC(O)CN(c1ccccc1)c1ccccc1.[I-]. The molecule has 0 amide bonds. The van der Waals surface area contributed by atoms with Gasteiger partial charge in [-0.2, -0.15) is 0 Å². The Labute approximate surface area is 163 Å². The van der Waals surface area contributed by atoms with Gasteiger partial charge in [0, 0.05) is 11.4 Å². The minimum absolute atomic E-state index is 0. The van der Waals surface area contributed by atoms with E-state index in [0.29, 0.717) is 12.6 Å². The molecule has 0 radical (unpaired) electrons. The number of aliphatic hydroxyl groups is 1. The molecule has 0 aliphatic heterocycles. The highest BCUT2D eigenvalue weighted by Crippen LogP contribution is 2.25. The van der Waals surface area contributed by atoms with Gasteiger partial charge in [0.05, 0.1) is 26.7 Å². The zero-order valence-corrected chi connectivity index (χ0v) is 17.2. The van der Waals surface area contributed by atoms with E-state index in [0.717, 1.165) is 22.4 Å². The summed E-state index contributed by atoms with van der Waals surface area (Å²) in [5, 5.41) is 10.7. The molecule has 0 fully saturated rings. The fraction of sp³-hybridized carbons (Fsp3) is 0.400. The summed E-state index contributed by atoms with van der Waals surface area (Å²) in [5.74, 6) is 0. The lowest BCUT2D eigenvalue weighted by molar-refractivity contribution is -0.913. The fourth-order valence-electron chi connectivity index (χ4n) is 2.60. The molecule has 0 aliphatic rings. The van der Waals surface area contributed by atoms with Crippen molar-refractivity contribution in [2.24, 2.45) is 0 Å². The van der Waals surface area contributed by atoms with Crippen LogP contribution in [0.25, 0.3) is 0 Å². The molecule has 0 heterocycles. The van der Waals surface area contributed by atoms with E-state index in [-0.39, 0.29) is 24.0 Å². The molecule has 2 rings (SSSR count). The highest BCUT2D eigenvalue weighted by atomic mass is 127. The minimum atomic E-state index is -0.396. The summed E-state index contributed by atoms with van der Waals surface area (Å²) in [5.41, 5.74) is 2.21. The Hall–Kier alpha value is -1.11. The van der Waals surface area contributed by atoms with Gasteiger partial charge in [0.15, 0.2) is 0 Å². The molecular weight excluding hydrogens is 411 g/mol. The van der Waals surface area contributed by atoms with Crippen molar-refractivity contribution in [3.8, 4) is 0 Å². The van der Waals surface area contributed by atoms with Gasteiger partial charge < -0.3 is 38.5 Å². The first kappa shape index (κ1) is 20.9. The quantitative estimate of drug-likeness (QED) is 0.506. The first-order valence-corrected chi connectivity index (χ1v) is 8.28. The lowest BCUT2D eigenvalue weighted by atomic mass is 10.1. The highest BCUT2D eigenvalue weighted by molar-refractivity contribution is 5.63. The topological polar surface area (TPSA) is 23.5 Å². The summed E-state index contributed by atoms with van der Waals surface area (Å²) in [6.45, 7) is 5.70. The molecule has 2 aromatic rings. The van der Waals surface area contributed by atoms with Crippen molar-refractivity contribution in [3.05, 3.63) is 60.7 Å². The van der Waals surface area contributed by atoms with Crippen molar-refractivity contribution in [3.63, 3.8) is 0 Å². The molecule has 0 saturated heterocycles. The maximum atomic E-state index is 10.7. The molecule has 132 valence electrons. The van der Waals surface area contributed by atoms with E-state index in [2.05, 4.69) is 57.1 Å². The van der Waals surface area contributed by atoms with Gasteiger partial charge in [0.25, 0.3) is 0 Å². The number of hydrogen-bond donors (Lipinski definition) is 1. The molecule has 0 aliphatic carbocycles. The van der Waals surface area contributed by atoms with Gasteiger partial charge in [-0.1, -0.05) is 36.4 Å². The number of para-hydroxylation sites is 2. The zero-order chi connectivity index (χ0) is 16.9. The number of quaternary nitrogens is 1. The number of likely N-dealkylation sites (N-methyl/N-ethyl adjacent to an activating group) is 1. The zero-order valence-electron chi connectivity index (χ0n) is 15.1. The van der Waals surface area contributed by atoms with Gasteiger partial charge in [-0.05, 0) is 38.1 Å². The smallest absolute Gasteiger partial charge is 0.121 e. The number of aliphatic hydroxyl groups excluding tert-OH is 1. The Morgan fingerprint density at radius 3 is 1.67 bits per heavy atom. The Morgan fingerprint density at radius 1 is 0.875 bits per heavy atom. The molecule has 0 saturated carbocycles. The number of halogens is 1. The standard InChI is InChI=1S/C20H29N2O.HI/c1-17(2)22(3,4)16-20(23)15-21(18-11-7-5-8-12-18)19-13-9-6-10-14-19;/h5-14,17,20,23H,15-16H2,1-4H3;1H/q+1;/p-1. The summed E-state index contributed by atoms with van der Waals surface area (Å²) in [7, 11) is 4.34. The number of nitrogens with zero attached hydrogens (tertiary/aromatic N) is 2. The van der Waals surface area contributed by atoms with Gasteiger partial charge in [-0.3, -0.25) is 0 Å². The van der Waals surface area contributed by atoms with Gasteiger partial charge in [-0.25, -0.2) is 0 Å². The minimum Gasteiger partial charge on any atom is -1.00 e. The first-order valence-electron chi connectivity index (χ1n) is 8.28. The van der Waals surface area contributed by atoms with Crippen LogP contribution in [0.1, 0.15) is 13.8 Å². The van der Waals surface area contributed by atoms with Crippen molar-refractivity contribution >= 4 is 11.4 Å². The van der Waals surface area contributed by atoms with Crippen molar-refractivity contribution in [2.45, 2.75) is 26.0 Å². The number of anilines is 2. The van der Waals surface area contributed by atoms with Crippen LogP contribution in [0.15, 0.2) is 60.7 Å². The maximum absolute atomic E-state index is 10.7. The molecular formula is C20H29IN2O. The summed E-state index contributed by atoms with van der Waals surface area (Å²) in [6.07, 6.45) is -0.396.